The van der Waals surface area contributed by atoms with E-state index in [2.05, 4.69) is 21.2 Å². The zero-order chi connectivity index (χ0) is 14.0. The molecule has 98 valence electrons. The molecule has 1 amide bonds. The van der Waals surface area contributed by atoms with Crippen LogP contribution >= 0.6 is 15.9 Å². The number of aryl methyl sites for hydroxylation is 3. The van der Waals surface area contributed by atoms with Crippen molar-refractivity contribution in [3.05, 3.63) is 63.1 Å². The maximum atomic E-state index is 12.3. The van der Waals surface area contributed by atoms with Gasteiger partial charge >= 0.3 is 0 Å². The third-order valence-electron chi connectivity index (χ3n) is 3.09. The zero-order valence-electron chi connectivity index (χ0n) is 11.3. The van der Waals surface area contributed by atoms with Crippen LogP contribution in [0.5, 0.6) is 0 Å². The van der Waals surface area contributed by atoms with E-state index in [1.807, 2.05) is 57.2 Å². The van der Waals surface area contributed by atoms with E-state index in [4.69, 9.17) is 0 Å². The summed E-state index contributed by atoms with van der Waals surface area (Å²) in [7, 11) is 0. The first kappa shape index (κ1) is 13.8. The Kier molecular flexibility index (Phi) is 4.05. The van der Waals surface area contributed by atoms with Crippen molar-refractivity contribution in [2.24, 2.45) is 0 Å². The first-order valence-electron chi connectivity index (χ1n) is 6.12. The van der Waals surface area contributed by atoms with Gasteiger partial charge in [-0.3, -0.25) is 4.79 Å². The van der Waals surface area contributed by atoms with Gasteiger partial charge < -0.3 is 5.32 Å². The molecular weight excluding hydrogens is 302 g/mol. The lowest BCUT2D eigenvalue weighted by Crippen LogP contribution is -2.14. The molecule has 0 saturated carbocycles. The van der Waals surface area contributed by atoms with Crippen LogP contribution < -0.4 is 5.32 Å². The van der Waals surface area contributed by atoms with Crippen molar-refractivity contribution in [1.29, 1.82) is 0 Å². The average Bonchev–Trinajstić information content (AvgIpc) is 2.36. The largest absolute Gasteiger partial charge is 0.322 e. The Bertz CT molecular complexity index is 635. The quantitative estimate of drug-likeness (QED) is 0.859. The van der Waals surface area contributed by atoms with Gasteiger partial charge in [0.1, 0.15) is 0 Å². The van der Waals surface area contributed by atoms with Gasteiger partial charge in [-0.1, -0.05) is 39.7 Å². The molecule has 0 spiro atoms. The third-order valence-corrected chi connectivity index (χ3v) is 3.58. The van der Waals surface area contributed by atoms with Gasteiger partial charge in [-0.05, 0) is 50.1 Å². The lowest BCUT2D eigenvalue weighted by molar-refractivity contribution is 0.102. The molecule has 0 fully saturated rings. The van der Waals surface area contributed by atoms with Crippen LogP contribution in [0.2, 0.25) is 0 Å². The molecule has 0 atom stereocenters. The van der Waals surface area contributed by atoms with E-state index in [-0.39, 0.29) is 5.91 Å². The molecule has 0 radical (unpaired) electrons. The molecule has 0 aliphatic carbocycles. The summed E-state index contributed by atoms with van der Waals surface area (Å²) < 4.78 is 0.953. The number of carbonyl (C=O) groups excluding carboxylic acids is 1. The minimum atomic E-state index is -0.0672. The fourth-order valence-corrected chi connectivity index (χ4v) is 2.26. The highest BCUT2D eigenvalue weighted by Gasteiger charge is 2.10. The first-order chi connectivity index (χ1) is 8.97. The molecule has 0 unspecified atom stereocenters. The molecule has 2 rings (SSSR count). The van der Waals surface area contributed by atoms with Crippen molar-refractivity contribution >= 4 is 27.5 Å². The minimum Gasteiger partial charge on any atom is -0.322 e. The number of hydrogen-bond acceptors (Lipinski definition) is 1. The minimum absolute atomic E-state index is 0.0672. The Balaban J connectivity index is 2.30. The molecule has 2 aromatic rings. The molecule has 1 N–H and O–H groups in total. The maximum absolute atomic E-state index is 12.3. The standard InChI is InChI=1S/C16H16BrNO/c1-10-4-5-11(2)14(8-10)16(19)18-15-9-13(17)7-6-12(15)3/h4-9H,1-3H3,(H,18,19). The molecule has 0 bridgehead atoms. The molecule has 2 nitrogen and oxygen atoms in total. The molecule has 0 aromatic heterocycles. The van der Waals surface area contributed by atoms with E-state index >= 15 is 0 Å². The second-order valence-electron chi connectivity index (χ2n) is 4.73. The maximum Gasteiger partial charge on any atom is 0.255 e. The summed E-state index contributed by atoms with van der Waals surface area (Å²) in [6.07, 6.45) is 0. The Labute approximate surface area is 122 Å². The molecule has 0 heterocycles. The fraction of sp³-hybridized carbons (Fsp3) is 0.188. The predicted molar refractivity (Wildman–Crippen MR) is 82.7 cm³/mol. The number of rotatable bonds is 2. The molecule has 2 aromatic carbocycles. The third kappa shape index (κ3) is 3.24. The van der Waals surface area contributed by atoms with Crippen molar-refractivity contribution in [2.45, 2.75) is 20.8 Å². The number of benzene rings is 2. The summed E-state index contributed by atoms with van der Waals surface area (Å²) in [5, 5.41) is 2.97. The summed E-state index contributed by atoms with van der Waals surface area (Å²) in [6.45, 7) is 5.91. The highest BCUT2D eigenvalue weighted by Crippen LogP contribution is 2.22. The van der Waals surface area contributed by atoms with Gasteiger partial charge in [0.05, 0.1) is 0 Å². The predicted octanol–water partition coefficient (Wildman–Crippen LogP) is 4.63. The topological polar surface area (TPSA) is 29.1 Å². The smallest absolute Gasteiger partial charge is 0.255 e. The number of carbonyl (C=O) groups is 1. The molecule has 19 heavy (non-hydrogen) atoms. The highest BCUT2D eigenvalue weighted by atomic mass is 79.9. The molecule has 0 aliphatic rings. The van der Waals surface area contributed by atoms with Crippen LogP contribution in [0.25, 0.3) is 0 Å². The van der Waals surface area contributed by atoms with Crippen molar-refractivity contribution in [3.63, 3.8) is 0 Å². The van der Waals surface area contributed by atoms with E-state index in [0.29, 0.717) is 0 Å². The van der Waals surface area contributed by atoms with Crippen LogP contribution in [0, 0.1) is 20.8 Å². The van der Waals surface area contributed by atoms with E-state index < -0.39 is 0 Å². The van der Waals surface area contributed by atoms with Crippen LogP contribution in [0.1, 0.15) is 27.0 Å². The lowest BCUT2D eigenvalue weighted by Gasteiger charge is -2.11. The van der Waals surface area contributed by atoms with Crippen LogP contribution in [-0.4, -0.2) is 5.91 Å². The van der Waals surface area contributed by atoms with Crippen LogP contribution in [-0.2, 0) is 0 Å². The molecular formula is C16H16BrNO. The normalized spacial score (nSPS) is 10.3. The van der Waals surface area contributed by atoms with Gasteiger partial charge in [0, 0.05) is 15.7 Å². The fourth-order valence-electron chi connectivity index (χ4n) is 1.90. The van der Waals surface area contributed by atoms with E-state index in [1.54, 1.807) is 0 Å². The van der Waals surface area contributed by atoms with Crippen LogP contribution in [0.4, 0.5) is 5.69 Å². The van der Waals surface area contributed by atoms with Crippen LogP contribution in [0.3, 0.4) is 0 Å². The second kappa shape index (κ2) is 5.57. The Morgan fingerprint density at radius 1 is 1.00 bits per heavy atom. The number of halogens is 1. The Morgan fingerprint density at radius 2 is 1.68 bits per heavy atom. The second-order valence-corrected chi connectivity index (χ2v) is 5.65. The van der Waals surface area contributed by atoms with E-state index in [1.165, 1.54) is 0 Å². The Hall–Kier alpha value is -1.61. The SMILES string of the molecule is Cc1ccc(C)c(C(=O)Nc2cc(Br)ccc2C)c1. The summed E-state index contributed by atoms with van der Waals surface area (Å²) >= 11 is 3.42. The van der Waals surface area contributed by atoms with Crippen molar-refractivity contribution in [2.75, 3.05) is 5.32 Å². The van der Waals surface area contributed by atoms with Crippen molar-refractivity contribution in [3.8, 4) is 0 Å². The van der Waals surface area contributed by atoms with Gasteiger partial charge in [-0.2, -0.15) is 0 Å². The highest BCUT2D eigenvalue weighted by molar-refractivity contribution is 9.10. The zero-order valence-corrected chi connectivity index (χ0v) is 12.8. The van der Waals surface area contributed by atoms with Crippen molar-refractivity contribution < 1.29 is 4.79 Å². The van der Waals surface area contributed by atoms with Crippen molar-refractivity contribution in [1.82, 2.24) is 0 Å². The van der Waals surface area contributed by atoms with Crippen LogP contribution in [0.15, 0.2) is 40.9 Å². The molecule has 0 aliphatic heterocycles. The summed E-state index contributed by atoms with van der Waals surface area (Å²) in [5.74, 6) is -0.0672. The van der Waals surface area contributed by atoms with E-state index in [9.17, 15) is 4.79 Å². The Morgan fingerprint density at radius 3 is 2.42 bits per heavy atom. The summed E-state index contributed by atoms with van der Waals surface area (Å²) in [4.78, 5) is 12.3. The number of hydrogen-bond donors (Lipinski definition) is 1. The van der Waals surface area contributed by atoms with Gasteiger partial charge in [0.2, 0.25) is 0 Å². The van der Waals surface area contributed by atoms with E-state index in [0.717, 1.165) is 32.4 Å². The van der Waals surface area contributed by atoms with Gasteiger partial charge in [-0.15, -0.1) is 0 Å². The van der Waals surface area contributed by atoms with Gasteiger partial charge in [0.15, 0.2) is 0 Å². The lowest BCUT2D eigenvalue weighted by atomic mass is 10.0. The summed E-state index contributed by atoms with van der Waals surface area (Å²) in [5.41, 5.74) is 4.67. The first-order valence-corrected chi connectivity index (χ1v) is 6.91. The van der Waals surface area contributed by atoms with Gasteiger partial charge in [-0.25, -0.2) is 0 Å². The molecule has 0 saturated heterocycles. The molecule has 3 heteroatoms. The average molecular weight is 318 g/mol. The monoisotopic (exact) mass is 317 g/mol. The number of anilines is 1. The number of amides is 1. The summed E-state index contributed by atoms with van der Waals surface area (Å²) in [6, 6.07) is 11.7. The van der Waals surface area contributed by atoms with Gasteiger partial charge in [0.25, 0.3) is 5.91 Å². The number of nitrogens with one attached hydrogen (secondary N) is 1.